The summed E-state index contributed by atoms with van der Waals surface area (Å²) < 4.78 is 0. The molecule has 5 nitrogen and oxygen atoms in total. The number of hydrogen-bond donors (Lipinski definition) is 2. The topological polar surface area (TPSA) is 75.4 Å². The SMILES string of the molecule is CCC(C)(N)C(=O)Nc1cccc(CN(C)C(C)=O)c1. The summed E-state index contributed by atoms with van der Waals surface area (Å²) in [6.07, 6.45) is 0.561. The summed E-state index contributed by atoms with van der Waals surface area (Å²) in [5.74, 6) is -0.211. The smallest absolute Gasteiger partial charge is 0.244 e. The second-order valence-electron chi connectivity index (χ2n) is 5.30. The van der Waals surface area contributed by atoms with Crippen molar-refractivity contribution in [1.29, 1.82) is 0 Å². The molecule has 1 unspecified atom stereocenters. The number of hydrogen-bond acceptors (Lipinski definition) is 3. The molecule has 0 saturated heterocycles. The summed E-state index contributed by atoms with van der Waals surface area (Å²) in [7, 11) is 1.74. The van der Waals surface area contributed by atoms with Crippen LogP contribution in [-0.4, -0.2) is 29.3 Å². The molecular formula is C15H23N3O2. The van der Waals surface area contributed by atoms with E-state index in [1.807, 2.05) is 25.1 Å². The van der Waals surface area contributed by atoms with Gasteiger partial charge in [-0.25, -0.2) is 0 Å². The first kappa shape index (κ1) is 16.2. The minimum absolute atomic E-state index is 0.0000417. The first-order valence-electron chi connectivity index (χ1n) is 6.67. The van der Waals surface area contributed by atoms with Crippen LogP contribution in [0.3, 0.4) is 0 Å². The molecule has 3 N–H and O–H groups in total. The van der Waals surface area contributed by atoms with Gasteiger partial charge in [0.1, 0.15) is 0 Å². The molecule has 0 bridgehead atoms. The summed E-state index contributed by atoms with van der Waals surface area (Å²) in [6.45, 7) is 5.60. The average molecular weight is 277 g/mol. The molecule has 110 valence electrons. The highest BCUT2D eigenvalue weighted by Gasteiger charge is 2.25. The second-order valence-corrected chi connectivity index (χ2v) is 5.30. The van der Waals surface area contributed by atoms with Crippen LogP contribution >= 0.6 is 0 Å². The van der Waals surface area contributed by atoms with Crippen LogP contribution in [0.4, 0.5) is 5.69 Å². The van der Waals surface area contributed by atoms with E-state index in [1.165, 1.54) is 6.92 Å². The summed E-state index contributed by atoms with van der Waals surface area (Å²) >= 11 is 0. The fourth-order valence-corrected chi connectivity index (χ4v) is 1.57. The first-order valence-corrected chi connectivity index (χ1v) is 6.67. The maximum atomic E-state index is 12.0. The van der Waals surface area contributed by atoms with Crippen LogP contribution in [0, 0.1) is 0 Å². The van der Waals surface area contributed by atoms with Crippen LogP contribution in [0.1, 0.15) is 32.8 Å². The number of nitrogens with one attached hydrogen (secondary N) is 1. The first-order chi connectivity index (χ1) is 9.26. The molecule has 0 radical (unpaired) electrons. The Balaban J connectivity index is 2.79. The molecule has 1 atom stereocenters. The second kappa shape index (κ2) is 6.52. The number of amides is 2. The molecule has 0 aromatic heterocycles. The van der Waals surface area contributed by atoms with Crippen molar-refractivity contribution in [3.63, 3.8) is 0 Å². The van der Waals surface area contributed by atoms with E-state index >= 15 is 0 Å². The molecular weight excluding hydrogens is 254 g/mol. The Hall–Kier alpha value is -1.88. The van der Waals surface area contributed by atoms with Crippen molar-refractivity contribution < 1.29 is 9.59 Å². The van der Waals surface area contributed by atoms with Crippen molar-refractivity contribution in [2.45, 2.75) is 39.3 Å². The quantitative estimate of drug-likeness (QED) is 0.860. The summed E-state index contributed by atoms with van der Waals surface area (Å²) in [4.78, 5) is 24.8. The van der Waals surface area contributed by atoms with E-state index in [0.29, 0.717) is 18.7 Å². The van der Waals surface area contributed by atoms with E-state index in [4.69, 9.17) is 5.73 Å². The van der Waals surface area contributed by atoms with Crippen molar-refractivity contribution in [1.82, 2.24) is 4.90 Å². The van der Waals surface area contributed by atoms with Gasteiger partial charge in [0.15, 0.2) is 0 Å². The third kappa shape index (κ3) is 4.35. The summed E-state index contributed by atoms with van der Waals surface area (Å²) in [5, 5.41) is 2.81. The van der Waals surface area contributed by atoms with Gasteiger partial charge in [-0.15, -0.1) is 0 Å². The van der Waals surface area contributed by atoms with E-state index in [0.717, 1.165) is 5.56 Å². The minimum Gasteiger partial charge on any atom is -0.342 e. The molecule has 0 fully saturated rings. The lowest BCUT2D eigenvalue weighted by atomic mass is 9.99. The predicted molar refractivity (Wildman–Crippen MR) is 80.1 cm³/mol. The van der Waals surface area contributed by atoms with E-state index in [1.54, 1.807) is 24.9 Å². The van der Waals surface area contributed by atoms with Crippen molar-refractivity contribution >= 4 is 17.5 Å². The normalized spacial score (nSPS) is 13.4. The van der Waals surface area contributed by atoms with Gasteiger partial charge in [-0.05, 0) is 31.0 Å². The van der Waals surface area contributed by atoms with E-state index in [-0.39, 0.29) is 11.8 Å². The van der Waals surface area contributed by atoms with Gasteiger partial charge in [0.25, 0.3) is 0 Å². The maximum absolute atomic E-state index is 12.0. The maximum Gasteiger partial charge on any atom is 0.244 e. The molecule has 0 aliphatic heterocycles. The largest absolute Gasteiger partial charge is 0.342 e. The lowest BCUT2D eigenvalue weighted by Crippen LogP contribution is -2.47. The van der Waals surface area contributed by atoms with Gasteiger partial charge in [0, 0.05) is 26.2 Å². The zero-order valence-corrected chi connectivity index (χ0v) is 12.6. The Morgan fingerprint density at radius 2 is 2.05 bits per heavy atom. The van der Waals surface area contributed by atoms with Gasteiger partial charge >= 0.3 is 0 Å². The summed E-state index contributed by atoms with van der Waals surface area (Å²) in [6, 6.07) is 7.42. The van der Waals surface area contributed by atoms with Crippen LogP contribution in [0.15, 0.2) is 24.3 Å². The van der Waals surface area contributed by atoms with Gasteiger partial charge in [0.05, 0.1) is 5.54 Å². The van der Waals surface area contributed by atoms with Crippen molar-refractivity contribution in [2.75, 3.05) is 12.4 Å². The molecule has 0 saturated carbocycles. The summed E-state index contributed by atoms with van der Waals surface area (Å²) in [5.41, 5.74) is 6.66. The Morgan fingerprint density at radius 1 is 1.40 bits per heavy atom. The number of nitrogens with two attached hydrogens (primary N) is 1. The van der Waals surface area contributed by atoms with Crippen molar-refractivity contribution in [2.24, 2.45) is 5.73 Å². The Morgan fingerprint density at radius 3 is 2.60 bits per heavy atom. The fourth-order valence-electron chi connectivity index (χ4n) is 1.57. The molecule has 0 spiro atoms. The highest BCUT2D eigenvalue weighted by molar-refractivity contribution is 5.97. The third-order valence-corrected chi connectivity index (χ3v) is 3.40. The average Bonchev–Trinajstić information content (AvgIpc) is 2.38. The zero-order chi connectivity index (χ0) is 15.3. The molecule has 20 heavy (non-hydrogen) atoms. The Labute approximate surface area is 120 Å². The molecule has 1 aromatic rings. The van der Waals surface area contributed by atoms with E-state index in [9.17, 15) is 9.59 Å². The fraction of sp³-hybridized carbons (Fsp3) is 0.467. The molecule has 5 heteroatoms. The van der Waals surface area contributed by atoms with Crippen LogP contribution in [0.25, 0.3) is 0 Å². The molecule has 0 aliphatic carbocycles. The number of nitrogens with zero attached hydrogens (tertiary/aromatic N) is 1. The van der Waals surface area contributed by atoms with E-state index in [2.05, 4.69) is 5.32 Å². The van der Waals surface area contributed by atoms with Crippen LogP contribution < -0.4 is 11.1 Å². The highest BCUT2D eigenvalue weighted by atomic mass is 16.2. The predicted octanol–water partition coefficient (Wildman–Crippen LogP) is 1.73. The van der Waals surface area contributed by atoms with Gasteiger partial charge in [-0.2, -0.15) is 0 Å². The van der Waals surface area contributed by atoms with Gasteiger partial charge < -0.3 is 16.0 Å². The molecule has 0 heterocycles. The van der Waals surface area contributed by atoms with Gasteiger partial charge in [-0.3, -0.25) is 9.59 Å². The van der Waals surface area contributed by atoms with Gasteiger partial charge in [0.2, 0.25) is 11.8 Å². The van der Waals surface area contributed by atoms with Crippen LogP contribution in [0.5, 0.6) is 0 Å². The zero-order valence-electron chi connectivity index (χ0n) is 12.6. The molecule has 2 amide bonds. The third-order valence-electron chi connectivity index (χ3n) is 3.40. The lowest BCUT2D eigenvalue weighted by Gasteiger charge is -2.22. The van der Waals surface area contributed by atoms with Crippen LogP contribution in [0.2, 0.25) is 0 Å². The Bertz CT molecular complexity index is 498. The Kier molecular flexibility index (Phi) is 5.27. The highest BCUT2D eigenvalue weighted by Crippen LogP contribution is 2.15. The molecule has 1 rings (SSSR count). The van der Waals surface area contributed by atoms with Crippen molar-refractivity contribution in [3.05, 3.63) is 29.8 Å². The number of carbonyl (C=O) groups excluding carboxylic acids is 2. The minimum atomic E-state index is -0.883. The lowest BCUT2D eigenvalue weighted by molar-refractivity contribution is -0.128. The number of benzene rings is 1. The number of rotatable bonds is 5. The van der Waals surface area contributed by atoms with Crippen LogP contribution in [-0.2, 0) is 16.1 Å². The van der Waals surface area contributed by atoms with Crippen molar-refractivity contribution in [3.8, 4) is 0 Å². The van der Waals surface area contributed by atoms with E-state index < -0.39 is 5.54 Å². The standard InChI is InChI=1S/C15H23N3O2/c1-5-15(3,16)14(20)17-13-8-6-7-12(9-13)10-18(4)11(2)19/h6-9H,5,10,16H2,1-4H3,(H,17,20). The number of carbonyl (C=O) groups is 2. The monoisotopic (exact) mass is 277 g/mol. The molecule has 1 aromatic carbocycles. The number of anilines is 1. The van der Waals surface area contributed by atoms with Gasteiger partial charge in [-0.1, -0.05) is 19.1 Å². The molecule has 0 aliphatic rings.